The van der Waals surface area contributed by atoms with E-state index in [2.05, 4.69) is 10.6 Å². The average Bonchev–Trinajstić information content (AvgIpc) is 3.26. The first-order valence-corrected chi connectivity index (χ1v) is 11.0. The van der Waals surface area contributed by atoms with Crippen LogP contribution in [0.25, 0.3) is 22.1 Å². The number of nitrogens with one attached hydrogen (secondary N) is 2. The lowest BCUT2D eigenvalue weighted by molar-refractivity contribution is -0.129. The van der Waals surface area contributed by atoms with Gasteiger partial charge in [0.2, 0.25) is 11.8 Å². The van der Waals surface area contributed by atoms with E-state index in [0.29, 0.717) is 5.58 Å². The summed E-state index contributed by atoms with van der Waals surface area (Å²) in [6, 6.07) is 25.1. The Balaban J connectivity index is 1.31. The normalized spacial score (nSPS) is 11.7. The number of furan rings is 1. The molecule has 0 saturated carbocycles. The number of rotatable bonds is 9. The topological polar surface area (TPSA) is 112 Å². The van der Waals surface area contributed by atoms with Crippen LogP contribution in [0.1, 0.15) is 17.5 Å². The number of benzene rings is 3. The number of carbonyl (C=O) groups is 2. The molecule has 7 nitrogen and oxygen atoms in total. The zero-order chi connectivity index (χ0) is 23.9. The molecule has 8 heteroatoms. The van der Waals surface area contributed by atoms with E-state index in [1.807, 2.05) is 78.9 Å². The van der Waals surface area contributed by atoms with Crippen molar-refractivity contribution in [1.29, 1.82) is 0 Å². The third-order valence-corrected chi connectivity index (χ3v) is 5.55. The maximum Gasteiger partial charge on any atom is 0.475 e. The standard InChI is InChI=1S/C26H25BN2O5/c30-25(28-16-18-7-6-10-20(13-18)19-8-2-1-3-9-19)15-26(31)29-24(27(32)33)14-21-17-34-23-12-5-4-11-22(21)23/h1-13,17,24,32-33H,14-16H2,(H,28,30)(H,29,31)/t24-/m0/s1. The monoisotopic (exact) mass is 456 g/mol. The summed E-state index contributed by atoms with van der Waals surface area (Å²) in [4.78, 5) is 24.7. The fourth-order valence-corrected chi connectivity index (χ4v) is 3.82. The van der Waals surface area contributed by atoms with Crippen molar-refractivity contribution in [2.24, 2.45) is 0 Å². The van der Waals surface area contributed by atoms with Crippen LogP contribution in [0.3, 0.4) is 0 Å². The second-order valence-corrected chi connectivity index (χ2v) is 8.07. The van der Waals surface area contributed by atoms with E-state index in [9.17, 15) is 19.6 Å². The summed E-state index contributed by atoms with van der Waals surface area (Å²) in [6.07, 6.45) is 1.25. The first-order valence-electron chi connectivity index (χ1n) is 11.0. The molecule has 0 radical (unpaired) electrons. The molecule has 3 aromatic carbocycles. The van der Waals surface area contributed by atoms with E-state index in [0.717, 1.165) is 27.6 Å². The Morgan fingerprint density at radius 2 is 1.62 bits per heavy atom. The van der Waals surface area contributed by atoms with Crippen LogP contribution in [0.2, 0.25) is 0 Å². The Morgan fingerprint density at radius 3 is 2.41 bits per heavy atom. The molecular formula is C26H25BN2O5. The summed E-state index contributed by atoms with van der Waals surface area (Å²) in [5.41, 5.74) is 4.43. The maximum atomic E-state index is 12.4. The molecule has 0 aliphatic rings. The molecule has 0 aliphatic heterocycles. The Morgan fingerprint density at radius 1 is 0.882 bits per heavy atom. The predicted molar refractivity (Wildman–Crippen MR) is 130 cm³/mol. The van der Waals surface area contributed by atoms with Crippen molar-refractivity contribution in [2.45, 2.75) is 25.3 Å². The third kappa shape index (κ3) is 5.92. The minimum Gasteiger partial charge on any atom is -0.464 e. The molecule has 0 aliphatic carbocycles. The van der Waals surface area contributed by atoms with E-state index >= 15 is 0 Å². The van der Waals surface area contributed by atoms with Crippen LogP contribution in [0.5, 0.6) is 0 Å². The van der Waals surface area contributed by atoms with Gasteiger partial charge in [-0.05, 0) is 40.8 Å². The average molecular weight is 456 g/mol. The van der Waals surface area contributed by atoms with Crippen molar-refractivity contribution >= 4 is 29.9 Å². The Bertz CT molecular complexity index is 1270. The van der Waals surface area contributed by atoms with Gasteiger partial charge in [-0.1, -0.05) is 66.7 Å². The molecule has 0 fully saturated rings. The number of carbonyl (C=O) groups excluding carboxylic acids is 2. The van der Waals surface area contributed by atoms with E-state index in [1.54, 1.807) is 0 Å². The molecule has 4 aromatic rings. The van der Waals surface area contributed by atoms with Crippen molar-refractivity contribution in [3.05, 3.63) is 96.3 Å². The van der Waals surface area contributed by atoms with Crippen LogP contribution in [0.15, 0.2) is 89.5 Å². The van der Waals surface area contributed by atoms with Gasteiger partial charge in [-0.3, -0.25) is 9.59 Å². The number of amides is 2. The second kappa shape index (κ2) is 10.8. The SMILES string of the molecule is O=C(CC(=O)N[C@@H](Cc1coc2ccccc12)B(O)O)NCc1cccc(-c2ccccc2)c1. The summed E-state index contributed by atoms with van der Waals surface area (Å²) < 4.78 is 5.47. The lowest BCUT2D eigenvalue weighted by Gasteiger charge is -2.17. The first-order chi connectivity index (χ1) is 16.5. The molecule has 0 bridgehead atoms. The first kappa shape index (κ1) is 23.3. The highest BCUT2D eigenvalue weighted by molar-refractivity contribution is 6.43. The molecule has 34 heavy (non-hydrogen) atoms. The molecule has 4 rings (SSSR count). The molecule has 1 atom stereocenters. The minimum absolute atomic E-state index is 0.147. The zero-order valence-corrected chi connectivity index (χ0v) is 18.5. The Hall–Kier alpha value is -3.88. The van der Waals surface area contributed by atoms with E-state index in [-0.39, 0.29) is 13.0 Å². The van der Waals surface area contributed by atoms with Gasteiger partial charge in [0.05, 0.1) is 12.2 Å². The van der Waals surface area contributed by atoms with Gasteiger partial charge in [0.25, 0.3) is 0 Å². The van der Waals surface area contributed by atoms with Crippen LogP contribution in [0, 0.1) is 0 Å². The van der Waals surface area contributed by atoms with Gasteiger partial charge in [-0.2, -0.15) is 0 Å². The van der Waals surface area contributed by atoms with Gasteiger partial charge in [0.15, 0.2) is 0 Å². The molecular weight excluding hydrogens is 431 g/mol. The molecule has 2 amide bonds. The summed E-state index contributed by atoms with van der Waals surface area (Å²) >= 11 is 0. The van der Waals surface area contributed by atoms with Crippen molar-refractivity contribution in [1.82, 2.24) is 10.6 Å². The maximum absolute atomic E-state index is 12.4. The lowest BCUT2D eigenvalue weighted by Crippen LogP contribution is -2.48. The number of hydrogen-bond donors (Lipinski definition) is 4. The van der Waals surface area contributed by atoms with E-state index < -0.39 is 31.3 Å². The number of fused-ring (bicyclic) bond motifs is 1. The highest BCUT2D eigenvalue weighted by Gasteiger charge is 2.27. The number of hydrogen-bond acceptors (Lipinski definition) is 5. The minimum atomic E-state index is -1.79. The molecule has 0 saturated heterocycles. The molecule has 1 heterocycles. The summed E-state index contributed by atoms with van der Waals surface area (Å²) in [7, 11) is -1.79. The zero-order valence-electron chi connectivity index (χ0n) is 18.5. The fourth-order valence-electron chi connectivity index (χ4n) is 3.82. The van der Waals surface area contributed by atoms with Gasteiger partial charge >= 0.3 is 7.12 Å². The van der Waals surface area contributed by atoms with Crippen molar-refractivity contribution in [3.63, 3.8) is 0 Å². The molecule has 172 valence electrons. The van der Waals surface area contributed by atoms with Gasteiger partial charge in [0.1, 0.15) is 12.0 Å². The van der Waals surface area contributed by atoms with Crippen LogP contribution in [0.4, 0.5) is 0 Å². The lowest BCUT2D eigenvalue weighted by atomic mass is 9.76. The third-order valence-electron chi connectivity index (χ3n) is 5.55. The van der Waals surface area contributed by atoms with Crippen LogP contribution >= 0.6 is 0 Å². The highest BCUT2D eigenvalue weighted by atomic mass is 16.4. The largest absolute Gasteiger partial charge is 0.475 e. The highest BCUT2D eigenvalue weighted by Crippen LogP contribution is 2.22. The van der Waals surface area contributed by atoms with Gasteiger partial charge in [0, 0.05) is 11.9 Å². The molecule has 0 spiro atoms. The Labute approximate surface area is 197 Å². The predicted octanol–water partition coefficient (Wildman–Crippen LogP) is 2.85. The van der Waals surface area contributed by atoms with Crippen molar-refractivity contribution in [3.8, 4) is 11.1 Å². The van der Waals surface area contributed by atoms with Gasteiger partial charge in [-0.15, -0.1) is 0 Å². The summed E-state index contributed by atoms with van der Waals surface area (Å²) in [5.74, 6) is -2.03. The fraction of sp³-hybridized carbons (Fsp3) is 0.154. The molecule has 1 aromatic heterocycles. The summed E-state index contributed by atoms with van der Waals surface area (Å²) in [6.45, 7) is 0.278. The number of para-hydroxylation sites is 1. The van der Waals surface area contributed by atoms with Crippen molar-refractivity contribution in [2.75, 3.05) is 0 Å². The van der Waals surface area contributed by atoms with Crippen LogP contribution in [-0.2, 0) is 22.6 Å². The van der Waals surface area contributed by atoms with Gasteiger partial charge in [-0.25, -0.2) is 0 Å². The summed E-state index contributed by atoms with van der Waals surface area (Å²) in [5, 5.41) is 25.6. The van der Waals surface area contributed by atoms with Crippen molar-refractivity contribution < 1.29 is 24.1 Å². The molecule has 0 unspecified atom stereocenters. The quantitative estimate of drug-likeness (QED) is 0.229. The van der Waals surface area contributed by atoms with Gasteiger partial charge < -0.3 is 25.1 Å². The second-order valence-electron chi connectivity index (χ2n) is 8.07. The smallest absolute Gasteiger partial charge is 0.464 e. The van der Waals surface area contributed by atoms with Crippen LogP contribution < -0.4 is 10.6 Å². The Kier molecular flexibility index (Phi) is 7.42. The van der Waals surface area contributed by atoms with E-state index in [1.165, 1.54) is 6.26 Å². The van der Waals surface area contributed by atoms with E-state index in [4.69, 9.17) is 4.42 Å². The van der Waals surface area contributed by atoms with Crippen LogP contribution in [-0.4, -0.2) is 34.9 Å². The molecule has 4 N–H and O–H groups in total.